The normalized spacial score (nSPS) is 20.2. The Morgan fingerprint density at radius 1 is 1.40 bits per heavy atom. The molecule has 1 fully saturated rings. The SMILES string of the molecule is CCOC[C@H]1CN(c2c3nccccc-3c3c2C=C(C)SN3)CCN1. The number of aromatic nitrogens is 1. The van der Waals surface area contributed by atoms with Gasteiger partial charge in [0.05, 0.1) is 23.7 Å². The van der Waals surface area contributed by atoms with Gasteiger partial charge in [0.25, 0.3) is 0 Å². The fraction of sp³-hybridized carbons (Fsp3) is 0.421. The van der Waals surface area contributed by atoms with Crippen molar-refractivity contribution in [1.82, 2.24) is 10.3 Å². The fourth-order valence-electron chi connectivity index (χ4n) is 3.58. The Hall–Kier alpha value is -1.76. The number of fused-ring (bicyclic) bond motifs is 3. The van der Waals surface area contributed by atoms with Crippen LogP contribution in [-0.4, -0.2) is 43.9 Å². The molecule has 6 heteroatoms. The van der Waals surface area contributed by atoms with Crippen molar-refractivity contribution < 1.29 is 4.74 Å². The van der Waals surface area contributed by atoms with Crippen LogP contribution in [0.15, 0.2) is 29.3 Å². The van der Waals surface area contributed by atoms with Crippen molar-refractivity contribution in [3.8, 4) is 11.3 Å². The first kappa shape index (κ1) is 16.7. The number of piperazine rings is 1. The van der Waals surface area contributed by atoms with Crippen molar-refractivity contribution in [2.45, 2.75) is 19.9 Å². The zero-order valence-electron chi connectivity index (χ0n) is 14.7. The van der Waals surface area contributed by atoms with E-state index in [1.165, 1.54) is 27.4 Å². The molecule has 0 amide bonds. The Morgan fingerprint density at radius 3 is 3.20 bits per heavy atom. The van der Waals surface area contributed by atoms with Gasteiger partial charge in [-0.05, 0) is 37.9 Å². The second-order valence-corrected chi connectivity index (χ2v) is 7.50. The largest absolute Gasteiger partial charge is 0.380 e. The predicted octanol–water partition coefficient (Wildman–Crippen LogP) is 3.44. The molecule has 4 aliphatic rings. The highest BCUT2D eigenvalue weighted by Gasteiger charge is 2.31. The monoisotopic (exact) mass is 356 g/mol. The summed E-state index contributed by atoms with van der Waals surface area (Å²) in [5, 5.41) is 3.57. The average Bonchev–Trinajstić information content (AvgIpc) is 2.77. The summed E-state index contributed by atoms with van der Waals surface area (Å²) in [5.74, 6) is 0. The summed E-state index contributed by atoms with van der Waals surface area (Å²) in [4.78, 5) is 8.50. The van der Waals surface area contributed by atoms with Crippen molar-refractivity contribution in [3.05, 3.63) is 34.9 Å². The molecule has 0 aromatic rings. The smallest absolute Gasteiger partial charge is 0.0963 e. The molecule has 2 N–H and O–H groups in total. The topological polar surface area (TPSA) is 49.4 Å². The van der Waals surface area contributed by atoms with Crippen LogP contribution in [0, 0.1) is 0 Å². The zero-order chi connectivity index (χ0) is 17.2. The Kier molecular flexibility index (Phi) is 4.83. The van der Waals surface area contributed by atoms with Gasteiger partial charge in [0.1, 0.15) is 0 Å². The minimum Gasteiger partial charge on any atom is -0.380 e. The van der Waals surface area contributed by atoms with E-state index >= 15 is 0 Å². The minimum atomic E-state index is 0.350. The molecule has 4 rings (SSSR count). The minimum absolute atomic E-state index is 0.350. The van der Waals surface area contributed by atoms with Gasteiger partial charge in [-0.25, -0.2) is 0 Å². The summed E-state index contributed by atoms with van der Waals surface area (Å²) in [6.45, 7) is 8.57. The number of hydrogen-bond donors (Lipinski definition) is 2. The maximum absolute atomic E-state index is 5.64. The first-order valence-corrected chi connectivity index (χ1v) is 9.67. The van der Waals surface area contributed by atoms with E-state index in [1.54, 1.807) is 11.9 Å². The lowest BCUT2D eigenvalue weighted by Gasteiger charge is -2.35. The standard InChI is InChI=1S/C19H24N4OS/c1-3-24-12-14-11-23(9-8-20-14)19-16-10-13(2)25-22-17(16)15-6-4-5-7-21-18(15)19/h4-7,10,14,20,22H,3,8-9,11-12H2,1-2H3/t14-/m1/s1. The molecular weight excluding hydrogens is 332 g/mol. The molecule has 0 saturated carbocycles. The Bertz CT molecular complexity index is 763. The van der Waals surface area contributed by atoms with E-state index in [-0.39, 0.29) is 0 Å². The molecule has 1 saturated heterocycles. The third-order valence-electron chi connectivity index (χ3n) is 4.69. The van der Waals surface area contributed by atoms with Crippen LogP contribution < -0.4 is 14.9 Å². The lowest BCUT2D eigenvalue weighted by atomic mass is 10.1. The first-order chi connectivity index (χ1) is 12.3. The number of nitrogens with zero attached hydrogens (tertiary/aromatic N) is 2. The molecule has 0 unspecified atom stereocenters. The molecule has 0 aromatic heterocycles. The lowest BCUT2D eigenvalue weighted by molar-refractivity contribution is 0.121. The van der Waals surface area contributed by atoms with Gasteiger partial charge in [-0.15, -0.1) is 0 Å². The maximum Gasteiger partial charge on any atom is 0.0963 e. The molecule has 0 radical (unpaired) electrons. The van der Waals surface area contributed by atoms with E-state index in [4.69, 9.17) is 9.72 Å². The molecule has 3 aliphatic heterocycles. The maximum atomic E-state index is 5.64. The Labute approximate surface area is 153 Å². The second kappa shape index (κ2) is 7.23. The van der Waals surface area contributed by atoms with Gasteiger partial charge in [0.15, 0.2) is 0 Å². The van der Waals surface area contributed by atoms with Crippen molar-refractivity contribution in [2.75, 3.05) is 42.5 Å². The highest BCUT2D eigenvalue weighted by Crippen LogP contribution is 2.50. The number of rotatable bonds is 4. The molecule has 132 valence electrons. The summed E-state index contributed by atoms with van der Waals surface area (Å²) in [6, 6.07) is 6.56. The van der Waals surface area contributed by atoms with Crippen LogP contribution in [0.5, 0.6) is 0 Å². The molecule has 1 aliphatic carbocycles. The van der Waals surface area contributed by atoms with Gasteiger partial charge >= 0.3 is 0 Å². The second-order valence-electron chi connectivity index (χ2n) is 6.44. The molecule has 0 aromatic carbocycles. The number of ether oxygens (including phenoxy) is 1. The van der Waals surface area contributed by atoms with Gasteiger partial charge in [0.2, 0.25) is 0 Å². The van der Waals surface area contributed by atoms with Gasteiger partial charge < -0.3 is 19.7 Å². The molecule has 3 heterocycles. The van der Waals surface area contributed by atoms with E-state index in [0.29, 0.717) is 6.04 Å². The fourth-order valence-corrected chi connectivity index (χ4v) is 4.24. The Balaban J connectivity index is 1.76. The summed E-state index contributed by atoms with van der Waals surface area (Å²) in [7, 11) is 0. The van der Waals surface area contributed by atoms with E-state index in [2.05, 4.69) is 40.1 Å². The van der Waals surface area contributed by atoms with Crippen LogP contribution in [0.1, 0.15) is 19.4 Å². The van der Waals surface area contributed by atoms with Crippen LogP contribution in [-0.2, 0) is 4.74 Å². The van der Waals surface area contributed by atoms with Crippen LogP contribution in [0.25, 0.3) is 17.3 Å². The van der Waals surface area contributed by atoms with E-state index in [1.807, 2.05) is 19.2 Å². The number of anilines is 2. The van der Waals surface area contributed by atoms with Crippen molar-refractivity contribution in [3.63, 3.8) is 0 Å². The van der Waals surface area contributed by atoms with Crippen molar-refractivity contribution in [1.29, 1.82) is 0 Å². The summed E-state index contributed by atoms with van der Waals surface area (Å²) in [5.41, 5.74) is 5.96. The average molecular weight is 356 g/mol. The molecule has 25 heavy (non-hydrogen) atoms. The summed E-state index contributed by atoms with van der Waals surface area (Å²) < 4.78 is 9.15. The third kappa shape index (κ3) is 3.21. The third-order valence-corrected chi connectivity index (χ3v) is 5.44. The van der Waals surface area contributed by atoms with E-state index < -0.39 is 0 Å². The zero-order valence-corrected chi connectivity index (χ0v) is 15.5. The lowest BCUT2D eigenvalue weighted by Crippen LogP contribution is -2.53. The van der Waals surface area contributed by atoms with Crippen molar-refractivity contribution in [2.24, 2.45) is 0 Å². The summed E-state index contributed by atoms with van der Waals surface area (Å²) in [6.07, 6.45) is 4.17. The van der Waals surface area contributed by atoms with Crippen LogP contribution in [0.4, 0.5) is 11.4 Å². The molecular formula is C19H24N4OS. The van der Waals surface area contributed by atoms with Crippen molar-refractivity contribution >= 4 is 29.4 Å². The molecule has 1 atom stereocenters. The molecule has 0 bridgehead atoms. The Morgan fingerprint density at radius 2 is 2.32 bits per heavy atom. The van der Waals surface area contributed by atoms with Crippen LogP contribution in [0.3, 0.4) is 0 Å². The molecule has 5 nitrogen and oxygen atoms in total. The van der Waals surface area contributed by atoms with E-state index in [0.717, 1.165) is 38.5 Å². The van der Waals surface area contributed by atoms with Crippen LogP contribution >= 0.6 is 11.9 Å². The summed E-state index contributed by atoms with van der Waals surface area (Å²) >= 11 is 1.68. The first-order valence-electron chi connectivity index (χ1n) is 8.86. The number of hydrogen-bond acceptors (Lipinski definition) is 6. The van der Waals surface area contributed by atoms with E-state index in [9.17, 15) is 0 Å². The predicted molar refractivity (Wildman–Crippen MR) is 106 cm³/mol. The number of nitrogens with one attached hydrogen (secondary N) is 2. The quantitative estimate of drug-likeness (QED) is 0.819. The number of allylic oxidation sites excluding steroid dienone is 1. The molecule has 0 spiro atoms. The highest BCUT2D eigenvalue weighted by atomic mass is 32.2. The van der Waals surface area contributed by atoms with Gasteiger partial charge in [-0.3, -0.25) is 4.98 Å². The highest BCUT2D eigenvalue weighted by molar-refractivity contribution is 8.04. The van der Waals surface area contributed by atoms with Gasteiger partial charge in [0, 0.05) is 54.5 Å². The van der Waals surface area contributed by atoms with Gasteiger partial charge in [-0.2, -0.15) is 0 Å². The van der Waals surface area contributed by atoms with Crippen LogP contribution in [0.2, 0.25) is 0 Å². The van der Waals surface area contributed by atoms with Gasteiger partial charge in [-0.1, -0.05) is 12.1 Å².